The number of ether oxygens (including phenoxy) is 1. The van der Waals surface area contributed by atoms with Crippen molar-refractivity contribution in [2.75, 3.05) is 5.32 Å². The summed E-state index contributed by atoms with van der Waals surface area (Å²) in [6.45, 7) is 2.99. The Morgan fingerprint density at radius 1 is 1.04 bits per heavy atom. The van der Waals surface area contributed by atoms with Crippen molar-refractivity contribution in [3.8, 4) is 0 Å². The van der Waals surface area contributed by atoms with Crippen molar-refractivity contribution in [2.45, 2.75) is 20.0 Å². The summed E-state index contributed by atoms with van der Waals surface area (Å²) in [4.78, 5) is 24.0. The van der Waals surface area contributed by atoms with E-state index in [0.717, 1.165) is 6.07 Å². The van der Waals surface area contributed by atoms with E-state index in [-0.39, 0.29) is 5.56 Å². The van der Waals surface area contributed by atoms with Gasteiger partial charge in [-0.05, 0) is 37.6 Å². The van der Waals surface area contributed by atoms with Gasteiger partial charge in [-0.2, -0.15) is 0 Å². The number of carbonyl (C=O) groups excluding carboxylic acids is 2. The van der Waals surface area contributed by atoms with Gasteiger partial charge in [0.2, 0.25) is 0 Å². The quantitative estimate of drug-likeness (QED) is 0.685. The molecule has 0 aromatic heterocycles. The predicted molar refractivity (Wildman–Crippen MR) is 81.0 cm³/mol. The van der Waals surface area contributed by atoms with Crippen molar-refractivity contribution < 1.29 is 27.5 Å². The number of amides is 1. The van der Waals surface area contributed by atoms with Gasteiger partial charge in [0.05, 0.1) is 11.3 Å². The normalized spacial score (nSPS) is 11.7. The smallest absolute Gasteiger partial charge is 0.339 e. The molecule has 2 aromatic rings. The molecule has 1 amide bonds. The van der Waals surface area contributed by atoms with Crippen LogP contribution >= 0.6 is 0 Å². The Hall–Kier alpha value is -2.83. The standard InChI is InChI=1S/C17H14F3NO3/c1-9-5-3-4-6-11(9)17(23)24-10(2)16(22)21-13-8-7-12(18)14(19)15(13)20/h3-8,10H,1-2H3,(H,21,22). The summed E-state index contributed by atoms with van der Waals surface area (Å²) in [7, 11) is 0. The number of aryl methyl sites for hydroxylation is 1. The van der Waals surface area contributed by atoms with E-state index in [9.17, 15) is 22.8 Å². The molecule has 0 saturated carbocycles. The van der Waals surface area contributed by atoms with Crippen molar-refractivity contribution >= 4 is 17.6 Å². The minimum absolute atomic E-state index is 0.288. The number of halogens is 3. The summed E-state index contributed by atoms with van der Waals surface area (Å²) in [5.74, 6) is -6.19. The van der Waals surface area contributed by atoms with E-state index in [1.54, 1.807) is 25.1 Å². The Morgan fingerprint density at radius 2 is 1.71 bits per heavy atom. The van der Waals surface area contributed by atoms with Gasteiger partial charge in [0.1, 0.15) is 0 Å². The highest BCUT2D eigenvalue weighted by Gasteiger charge is 2.22. The van der Waals surface area contributed by atoms with Gasteiger partial charge in [0.15, 0.2) is 23.6 Å². The second kappa shape index (κ2) is 7.16. The van der Waals surface area contributed by atoms with Crippen LogP contribution in [0.25, 0.3) is 0 Å². The van der Waals surface area contributed by atoms with Crippen LogP contribution in [0.5, 0.6) is 0 Å². The molecular formula is C17H14F3NO3. The highest BCUT2D eigenvalue weighted by molar-refractivity contribution is 5.97. The fraction of sp³-hybridized carbons (Fsp3) is 0.176. The van der Waals surface area contributed by atoms with E-state index in [4.69, 9.17) is 4.74 Å². The van der Waals surface area contributed by atoms with Crippen LogP contribution in [0.1, 0.15) is 22.8 Å². The van der Waals surface area contributed by atoms with Crippen molar-refractivity contribution in [3.05, 3.63) is 65.0 Å². The van der Waals surface area contributed by atoms with Crippen LogP contribution in [0.15, 0.2) is 36.4 Å². The number of hydrogen-bond donors (Lipinski definition) is 1. The lowest BCUT2D eigenvalue weighted by Gasteiger charge is -2.15. The Kier molecular flexibility index (Phi) is 5.23. The summed E-state index contributed by atoms with van der Waals surface area (Å²) in [5, 5.41) is 2.05. The molecule has 0 aliphatic heterocycles. The molecule has 0 bridgehead atoms. The molecule has 2 rings (SSSR count). The third-order valence-corrected chi connectivity index (χ3v) is 3.31. The van der Waals surface area contributed by atoms with Gasteiger partial charge in [-0.15, -0.1) is 0 Å². The lowest BCUT2D eigenvalue weighted by Crippen LogP contribution is -2.30. The van der Waals surface area contributed by atoms with Crippen molar-refractivity contribution in [1.29, 1.82) is 0 Å². The highest BCUT2D eigenvalue weighted by atomic mass is 19.2. The van der Waals surface area contributed by atoms with Crippen LogP contribution in [0.2, 0.25) is 0 Å². The van der Waals surface area contributed by atoms with E-state index >= 15 is 0 Å². The summed E-state index contributed by atoms with van der Waals surface area (Å²) < 4.78 is 44.5. The fourth-order valence-electron chi connectivity index (χ4n) is 1.94. The van der Waals surface area contributed by atoms with E-state index in [0.29, 0.717) is 11.6 Å². The average molecular weight is 337 g/mol. The zero-order chi connectivity index (χ0) is 17.9. The molecule has 0 heterocycles. The molecule has 0 spiro atoms. The maximum absolute atomic E-state index is 13.5. The number of benzene rings is 2. The first-order valence-electron chi connectivity index (χ1n) is 7.02. The maximum Gasteiger partial charge on any atom is 0.339 e. The van der Waals surface area contributed by atoms with E-state index in [1.807, 2.05) is 0 Å². The molecule has 4 nitrogen and oxygen atoms in total. The topological polar surface area (TPSA) is 55.4 Å². The zero-order valence-corrected chi connectivity index (χ0v) is 12.9. The number of hydrogen-bond acceptors (Lipinski definition) is 3. The second-order valence-corrected chi connectivity index (χ2v) is 5.07. The Bertz CT molecular complexity index is 793. The summed E-state index contributed by atoms with van der Waals surface area (Å²) in [6.07, 6.45) is -1.26. The van der Waals surface area contributed by atoms with Gasteiger partial charge in [0, 0.05) is 0 Å². The molecule has 2 aromatic carbocycles. The number of rotatable bonds is 4. The van der Waals surface area contributed by atoms with Crippen molar-refractivity contribution in [3.63, 3.8) is 0 Å². The number of esters is 1. The first kappa shape index (κ1) is 17.5. The van der Waals surface area contributed by atoms with Crippen molar-refractivity contribution in [1.82, 2.24) is 0 Å². The molecule has 0 aliphatic rings. The Balaban J connectivity index is 2.07. The minimum atomic E-state index is -1.70. The highest BCUT2D eigenvalue weighted by Crippen LogP contribution is 2.20. The largest absolute Gasteiger partial charge is 0.449 e. The van der Waals surface area contributed by atoms with Crippen LogP contribution in [0.3, 0.4) is 0 Å². The molecule has 1 atom stereocenters. The molecular weight excluding hydrogens is 323 g/mol. The number of anilines is 1. The molecule has 24 heavy (non-hydrogen) atoms. The van der Waals surface area contributed by atoms with Crippen LogP contribution < -0.4 is 5.32 Å². The van der Waals surface area contributed by atoms with E-state index in [2.05, 4.69) is 5.32 Å². The molecule has 1 unspecified atom stereocenters. The Labute approximate surface area is 136 Å². The summed E-state index contributed by atoms with van der Waals surface area (Å²) in [6, 6.07) is 8.19. The lowest BCUT2D eigenvalue weighted by molar-refractivity contribution is -0.123. The van der Waals surface area contributed by atoms with Gasteiger partial charge in [-0.25, -0.2) is 18.0 Å². The van der Waals surface area contributed by atoms with Gasteiger partial charge >= 0.3 is 5.97 Å². The van der Waals surface area contributed by atoms with Crippen LogP contribution in [0, 0.1) is 24.4 Å². The summed E-state index contributed by atoms with van der Waals surface area (Å²) in [5.41, 5.74) is 0.413. The minimum Gasteiger partial charge on any atom is -0.449 e. The van der Waals surface area contributed by atoms with Crippen LogP contribution in [-0.2, 0) is 9.53 Å². The van der Waals surface area contributed by atoms with Gasteiger partial charge in [0.25, 0.3) is 5.91 Å². The zero-order valence-electron chi connectivity index (χ0n) is 12.9. The predicted octanol–water partition coefficient (Wildman–Crippen LogP) is 3.60. The molecule has 0 aliphatic carbocycles. The number of nitrogens with one attached hydrogen (secondary N) is 1. The molecule has 7 heteroatoms. The third kappa shape index (κ3) is 3.73. The SMILES string of the molecule is Cc1ccccc1C(=O)OC(C)C(=O)Nc1ccc(F)c(F)c1F. The van der Waals surface area contributed by atoms with E-state index < -0.39 is 41.1 Å². The monoisotopic (exact) mass is 337 g/mol. The third-order valence-electron chi connectivity index (χ3n) is 3.31. The Morgan fingerprint density at radius 3 is 2.38 bits per heavy atom. The average Bonchev–Trinajstić information content (AvgIpc) is 2.55. The first-order chi connectivity index (χ1) is 11.3. The van der Waals surface area contributed by atoms with Crippen LogP contribution in [-0.4, -0.2) is 18.0 Å². The molecule has 1 N–H and O–H groups in total. The van der Waals surface area contributed by atoms with Crippen molar-refractivity contribution in [2.24, 2.45) is 0 Å². The second-order valence-electron chi connectivity index (χ2n) is 5.07. The maximum atomic E-state index is 13.5. The first-order valence-corrected chi connectivity index (χ1v) is 7.02. The van der Waals surface area contributed by atoms with Crippen LogP contribution in [0.4, 0.5) is 18.9 Å². The van der Waals surface area contributed by atoms with Gasteiger partial charge in [-0.3, -0.25) is 4.79 Å². The molecule has 0 radical (unpaired) electrons. The molecule has 0 saturated heterocycles. The fourth-order valence-corrected chi connectivity index (χ4v) is 1.94. The number of carbonyl (C=O) groups is 2. The van der Waals surface area contributed by atoms with E-state index in [1.165, 1.54) is 13.0 Å². The lowest BCUT2D eigenvalue weighted by atomic mass is 10.1. The summed E-state index contributed by atoms with van der Waals surface area (Å²) >= 11 is 0. The molecule has 0 fully saturated rings. The molecule has 126 valence electrons. The van der Waals surface area contributed by atoms with Gasteiger partial charge < -0.3 is 10.1 Å². The van der Waals surface area contributed by atoms with Gasteiger partial charge in [-0.1, -0.05) is 18.2 Å².